The number of ether oxygens (including phenoxy) is 1. The minimum absolute atomic E-state index is 0.0580. The van der Waals surface area contributed by atoms with E-state index in [1.54, 1.807) is 0 Å². The molecule has 2 amide bonds. The van der Waals surface area contributed by atoms with Gasteiger partial charge in [0.2, 0.25) is 0 Å². The van der Waals surface area contributed by atoms with Crippen LogP contribution in [0.15, 0.2) is 48.5 Å². The van der Waals surface area contributed by atoms with Gasteiger partial charge >= 0.3 is 12.1 Å². The van der Waals surface area contributed by atoms with Crippen LogP contribution in [0.5, 0.6) is 0 Å². The molecule has 0 aliphatic heterocycles. The number of nitro groups is 1. The zero-order chi connectivity index (χ0) is 23.2. The zero-order valence-electron chi connectivity index (χ0n) is 15.9. The van der Waals surface area contributed by atoms with E-state index in [9.17, 15) is 37.7 Å². The van der Waals surface area contributed by atoms with Crippen molar-refractivity contribution in [3.63, 3.8) is 0 Å². The van der Waals surface area contributed by atoms with Gasteiger partial charge in [0.05, 0.1) is 10.5 Å². The Morgan fingerprint density at radius 3 is 2.45 bits per heavy atom. The highest BCUT2D eigenvalue weighted by molar-refractivity contribution is 5.97. The number of amides is 2. The second kappa shape index (κ2) is 9.69. The summed E-state index contributed by atoms with van der Waals surface area (Å²) in [6.07, 6.45) is -5.95. The van der Waals surface area contributed by atoms with Crippen molar-refractivity contribution in [1.82, 2.24) is 5.32 Å². The molecule has 2 N–H and O–H groups in total. The van der Waals surface area contributed by atoms with E-state index in [2.05, 4.69) is 10.6 Å². The first-order chi connectivity index (χ1) is 14.5. The van der Waals surface area contributed by atoms with Crippen LogP contribution in [0, 0.1) is 10.1 Å². The maximum atomic E-state index is 12.7. The summed E-state index contributed by atoms with van der Waals surface area (Å²) in [5.74, 6) is -2.65. The number of nitrogens with zero attached hydrogens (tertiary/aromatic N) is 1. The van der Waals surface area contributed by atoms with E-state index in [4.69, 9.17) is 4.74 Å². The molecule has 0 radical (unpaired) electrons. The van der Waals surface area contributed by atoms with Gasteiger partial charge in [-0.3, -0.25) is 24.5 Å². The van der Waals surface area contributed by atoms with Gasteiger partial charge in [-0.25, -0.2) is 0 Å². The molecule has 0 saturated heterocycles. The van der Waals surface area contributed by atoms with Crippen LogP contribution in [-0.4, -0.2) is 35.4 Å². The third kappa shape index (κ3) is 6.80. The Bertz CT molecular complexity index is 1010. The molecule has 31 heavy (non-hydrogen) atoms. The van der Waals surface area contributed by atoms with Crippen molar-refractivity contribution in [1.29, 1.82) is 0 Å². The lowest BCUT2D eigenvalue weighted by molar-refractivity contribution is -0.384. The second-order valence-electron chi connectivity index (χ2n) is 6.19. The van der Waals surface area contributed by atoms with Crippen molar-refractivity contribution >= 4 is 29.2 Å². The number of hydrogen-bond donors (Lipinski definition) is 2. The number of alkyl halides is 3. The van der Waals surface area contributed by atoms with Crippen molar-refractivity contribution in [3.8, 4) is 0 Å². The lowest BCUT2D eigenvalue weighted by Gasteiger charge is -2.15. The van der Waals surface area contributed by atoms with Gasteiger partial charge in [-0.05, 0) is 31.2 Å². The molecule has 12 heteroatoms. The summed E-state index contributed by atoms with van der Waals surface area (Å²) in [5.41, 5.74) is -1.46. The Morgan fingerprint density at radius 2 is 1.81 bits per heavy atom. The van der Waals surface area contributed by atoms with Gasteiger partial charge in [0, 0.05) is 23.4 Å². The number of esters is 1. The topological polar surface area (TPSA) is 128 Å². The molecule has 0 aliphatic rings. The number of carbonyl (C=O) groups is 3. The largest absolute Gasteiger partial charge is 0.451 e. The summed E-state index contributed by atoms with van der Waals surface area (Å²) in [6, 6.07) is 8.72. The Kier molecular flexibility index (Phi) is 7.29. The summed E-state index contributed by atoms with van der Waals surface area (Å²) in [5, 5.41) is 15.1. The van der Waals surface area contributed by atoms with E-state index in [1.165, 1.54) is 31.2 Å². The molecule has 2 rings (SSSR count). The number of rotatable bonds is 7. The standard InChI is InChI=1S/C19H16F3N3O6/c1-11(17(27)24-14-6-3-5-13(9-14)19(20,21)22)31-16(26)10-23-18(28)12-4-2-7-15(8-12)25(29)30/h2-9,11H,10H2,1H3,(H,23,28)(H,24,27)/t11-/m0/s1. The Hall–Kier alpha value is -3.96. The van der Waals surface area contributed by atoms with E-state index in [1.807, 2.05) is 0 Å². The molecule has 9 nitrogen and oxygen atoms in total. The predicted octanol–water partition coefficient (Wildman–Crippen LogP) is 2.91. The van der Waals surface area contributed by atoms with Crippen LogP contribution in [0.3, 0.4) is 0 Å². The monoisotopic (exact) mass is 439 g/mol. The highest BCUT2D eigenvalue weighted by Gasteiger charge is 2.30. The molecule has 0 aliphatic carbocycles. The SMILES string of the molecule is C[C@H](OC(=O)CNC(=O)c1cccc([N+](=O)[O-])c1)C(=O)Nc1cccc(C(F)(F)F)c1. The first-order valence-electron chi connectivity index (χ1n) is 8.67. The fourth-order valence-corrected chi connectivity index (χ4v) is 2.32. The molecule has 0 unspecified atom stereocenters. The van der Waals surface area contributed by atoms with Crippen molar-refractivity contribution in [2.75, 3.05) is 11.9 Å². The van der Waals surface area contributed by atoms with Gasteiger partial charge in [0.1, 0.15) is 6.54 Å². The summed E-state index contributed by atoms with van der Waals surface area (Å²) >= 11 is 0. The number of hydrogen-bond acceptors (Lipinski definition) is 6. The number of non-ortho nitro benzene ring substituents is 1. The van der Waals surface area contributed by atoms with Crippen LogP contribution in [0.4, 0.5) is 24.5 Å². The molecule has 0 aromatic heterocycles. The number of halogens is 3. The van der Waals surface area contributed by atoms with Gasteiger partial charge in [-0.2, -0.15) is 13.2 Å². The highest BCUT2D eigenvalue weighted by atomic mass is 19.4. The normalized spacial score (nSPS) is 11.9. The summed E-state index contributed by atoms with van der Waals surface area (Å²) < 4.78 is 43.0. The van der Waals surface area contributed by atoms with Gasteiger partial charge in [-0.1, -0.05) is 12.1 Å². The molecule has 0 fully saturated rings. The summed E-state index contributed by atoms with van der Waals surface area (Å²) in [6.45, 7) is 0.561. The van der Waals surface area contributed by atoms with Gasteiger partial charge in [0.15, 0.2) is 6.10 Å². The van der Waals surface area contributed by atoms with E-state index < -0.39 is 47.1 Å². The minimum Gasteiger partial charge on any atom is -0.451 e. The van der Waals surface area contributed by atoms with Crippen molar-refractivity contribution in [2.45, 2.75) is 19.2 Å². The Balaban J connectivity index is 1.88. The molecule has 0 spiro atoms. The van der Waals surface area contributed by atoms with Crippen molar-refractivity contribution in [2.24, 2.45) is 0 Å². The van der Waals surface area contributed by atoms with E-state index in [0.29, 0.717) is 0 Å². The zero-order valence-corrected chi connectivity index (χ0v) is 15.9. The predicted molar refractivity (Wildman–Crippen MR) is 101 cm³/mol. The second-order valence-corrected chi connectivity index (χ2v) is 6.19. The maximum absolute atomic E-state index is 12.7. The molecule has 0 heterocycles. The van der Waals surface area contributed by atoms with E-state index in [0.717, 1.165) is 24.3 Å². The fourth-order valence-electron chi connectivity index (χ4n) is 2.32. The smallest absolute Gasteiger partial charge is 0.416 e. The first kappa shape index (κ1) is 23.3. The number of nitrogens with one attached hydrogen (secondary N) is 2. The van der Waals surface area contributed by atoms with Gasteiger partial charge in [-0.15, -0.1) is 0 Å². The molecule has 1 atom stereocenters. The highest BCUT2D eigenvalue weighted by Crippen LogP contribution is 2.30. The van der Waals surface area contributed by atoms with Crippen LogP contribution in [0.25, 0.3) is 0 Å². The average molecular weight is 439 g/mol. The third-order valence-corrected chi connectivity index (χ3v) is 3.85. The van der Waals surface area contributed by atoms with Crippen LogP contribution in [0.2, 0.25) is 0 Å². The van der Waals surface area contributed by atoms with Crippen LogP contribution in [-0.2, 0) is 20.5 Å². The lowest BCUT2D eigenvalue weighted by atomic mass is 10.2. The van der Waals surface area contributed by atoms with E-state index in [-0.39, 0.29) is 16.9 Å². The molecular weight excluding hydrogens is 423 g/mol. The number of carbonyl (C=O) groups excluding carboxylic acids is 3. The molecule has 2 aromatic rings. The summed E-state index contributed by atoms with van der Waals surface area (Å²) in [4.78, 5) is 45.9. The molecule has 164 valence electrons. The third-order valence-electron chi connectivity index (χ3n) is 3.85. The summed E-state index contributed by atoms with van der Waals surface area (Å²) in [7, 11) is 0. The van der Waals surface area contributed by atoms with Crippen LogP contribution < -0.4 is 10.6 Å². The number of benzene rings is 2. The lowest BCUT2D eigenvalue weighted by Crippen LogP contribution is -2.35. The Morgan fingerprint density at radius 1 is 1.13 bits per heavy atom. The molecule has 0 saturated carbocycles. The number of anilines is 1. The van der Waals surface area contributed by atoms with Gasteiger partial charge in [0.25, 0.3) is 17.5 Å². The quantitative estimate of drug-likeness (QED) is 0.388. The first-order valence-corrected chi connectivity index (χ1v) is 8.67. The number of nitro benzene ring substituents is 1. The van der Waals surface area contributed by atoms with Crippen molar-refractivity contribution < 1.29 is 37.2 Å². The maximum Gasteiger partial charge on any atom is 0.416 e. The van der Waals surface area contributed by atoms with Crippen molar-refractivity contribution in [3.05, 3.63) is 69.8 Å². The Labute approximate surface area is 173 Å². The van der Waals surface area contributed by atoms with Crippen LogP contribution >= 0.6 is 0 Å². The molecular formula is C19H16F3N3O6. The fraction of sp³-hybridized carbons (Fsp3) is 0.211. The van der Waals surface area contributed by atoms with E-state index >= 15 is 0 Å². The molecule has 0 bridgehead atoms. The molecule has 2 aromatic carbocycles. The minimum atomic E-state index is -4.59. The van der Waals surface area contributed by atoms with Crippen LogP contribution in [0.1, 0.15) is 22.8 Å². The average Bonchev–Trinajstić information content (AvgIpc) is 2.71. The van der Waals surface area contributed by atoms with Gasteiger partial charge < -0.3 is 15.4 Å².